The second-order valence-corrected chi connectivity index (χ2v) is 8.26. The minimum Gasteiger partial charge on any atom is -0.492 e. The van der Waals surface area contributed by atoms with Crippen molar-refractivity contribution in [2.24, 2.45) is 0 Å². The lowest BCUT2D eigenvalue weighted by atomic mass is 10.0. The molecule has 0 spiro atoms. The van der Waals surface area contributed by atoms with Crippen LogP contribution in [0.25, 0.3) is 0 Å². The average Bonchev–Trinajstić information content (AvgIpc) is 2.71. The van der Waals surface area contributed by atoms with Gasteiger partial charge in [0.2, 0.25) is 10.0 Å². The molecule has 0 aliphatic carbocycles. The first-order valence-electron chi connectivity index (χ1n) is 9.31. The molecule has 0 saturated carbocycles. The first kappa shape index (κ1) is 20.2. The van der Waals surface area contributed by atoms with Gasteiger partial charge in [-0.1, -0.05) is 24.3 Å². The zero-order valence-electron chi connectivity index (χ0n) is 15.8. The second-order valence-electron chi connectivity index (χ2n) is 6.50. The summed E-state index contributed by atoms with van der Waals surface area (Å²) < 4.78 is 33.2. The van der Waals surface area contributed by atoms with Crippen LogP contribution in [0.15, 0.2) is 53.4 Å². The molecule has 150 valence electrons. The van der Waals surface area contributed by atoms with E-state index in [2.05, 4.69) is 10.0 Å². The van der Waals surface area contributed by atoms with Crippen molar-refractivity contribution < 1.29 is 17.9 Å². The number of fused-ring (bicyclic) bond motifs is 1. The first-order valence-corrected chi connectivity index (χ1v) is 10.8. The first-order chi connectivity index (χ1) is 13.5. The van der Waals surface area contributed by atoms with Gasteiger partial charge in [0, 0.05) is 26.2 Å². The second kappa shape index (κ2) is 9.07. The van der Waals surface area contributed by atoms with Gasteiger partial charge in [0.05, 0.1) is 4.90 Å². The van der Waals surface area contributed by atoms with Crippen molar-refractivity contribution in [3.8, 4) is 5.75 Å². The van der Waals surface area contributed by atoms with Gasteiger partial charge in [-0.15, -0.1) is 0 Å². The van der Waals surface area contributed by atoms with Crippen molar-refractivity contribution in [1.29, 1.82) is 0 Å². The Morgan fingerprint density at radius 2 is 1.93 bits per heavy atom. The summed E-state index contributed by atoms with van der Waals surface area (Å²) in [5.74, 6) is 0.701. The fourth-order valence-corrected chi connectivity index (χ4v) is 4.14. The van der Waals surface area contributed by atoms with Gasteiger partial charge in [-0.25, -0.2) is 17.9 Å². The van der Waals surface area contributed by atoms with E-state index in [1.165, 1.54) is 0 Å². The summed E-state index contributed by atoms with van der Waals surface area (Å²) in [4.78, 5) is 13.9. The van der Waals surface area contributed by atoms with Crippen molar-refractivity contribution >= 4 is 16.1 Å². The van der Waals surface area contributed by atoms with Crippen molar-refractivity contribution in [2.75, 3.05) is 26.2 Å². The average molecular weight is 404 g/mol. The van der Waals surface area contributed by atoms with Crippen LogP contribution in [0.3, 0.4) is 0 Å². The number of sulfonamides is 1. The Morgan fingerprint density at radius 3 is 2.68 bits per heavy atom. The third-order valence-corrected chi connectivity index (χ3v) is 5.98. The largest absolute Gasteiger partial charge is 0.492 e. The van der Waals surface area contributed by atoms with Crippen LogP contribution in [-0.4, -0.2) is 45.6 Å². The van der Waals surface area contributed by atoms with Crippen LogP contribution in [0.2, 0.25) is 0 Å². The minimum atomic E-state index is -3.61. The van der Waals surface area contributed by atoms with E-state index >= 15 is 0 Å². The number of hydrogen-bond acceptors (Lipinski definition) is 4. The van der Waals surface area contributed by atoms with Crippen molar-refractivity contribution in [3.63, 3.8) is 0 Å². The third kappa shape index (κ3) is 5.02. The highest BCUT2D eigenvalue weighted by atomic mass is 32.2. The molecule has 0 saturated heterocycles. The van der Waals surface area contributed by atoms with Gasteiger partial charge >= 0.3 is 6.03 Å². The van der Waals surface area contributed by atoms with Crippen LogP contribution in [0.5, 0.6) is 5.75 Å². The number of rotatable bonds is 7. The summed E-state index contributed by atoms with van der Waals surface area (Å²) >= 11 is 0. The Bertz CT molecular complexity index is 916. The molecule has 2 aromatic rings. The van der Waals surface area contributed by atoms with Gasteiger partial charge in [-0.2, -0.15) is 0 Å². The molecule has 0 unspecified atom stereocenters. The van der Waals surface area contributed by atoms with Crippen LogP contribution >= 0.6 is 0 Å². The molecule has 0 bridgehead atoms. The van der Waals surface area contributed by atoms with E-state index in [1.807, 2.05) is 37.3 Å². The highest BCUT2D eigenvalue weighted by Gasteiger charge is 2.22. The van der Waals surface area contributed by atoms with Gasteiger partial charge in [0.1, 0.15) is 12.4 Å². The van der Waals surface area contributed by atoms with E-state index in [0.717, 1.165) is 11.1 Å². The molecule has 1 heterocycles. The maximum absolute atomic E-state index is 12.5. The maximum Gasteiger partial charge on any atom is 0.317 e. The Hall–Kier alpha value is -2.58. The summed E-state index contributed by atoms with van der Waals surface area (Å²) in [7, 11) is -3.61. The quantitative estimate of drug-likeness (QED) is 0.694. The normalized spacial score (nSPS) is 13.7. The van der Waals surface area contributed by atoms with E-state index in [0.29, 0.717) is 31.8 Å². The number of carbonyl (C=O) groups is 1. The SMILES string of the molecule is CCNC(=O)N1CCc2cc(S(=O)(=O)NCCOc3ccccc3)ccc2C1. The molecule has 8 heteroatoms. The number of nitrogens with zero attached hydrogens (tertiary/aromatic N) is 1. The number of nitrogens with one attached hydrogen (secondary N) is 2. The number of benzene rings is 2. The summed E-state index contributed by atoms with van der Waals surface area (Å²) in [6.07, 6.45) is 0.632. The van der Waals surface area contributed by atoms with Gasteiger partial charge in [-0.3, -0.25) is 0 Å². The van der Waals surface area contributed by atoms with Crippen LogP contribution in [0.1, 0.15) is 18.1 Å². The smallest absolute Gasteiger partial charge is 0.317 e. The molecule has 0 fully saturated rings. The highest BCUT2D eigenvalue weighted by Crippen LogP contribution is 2.22. The van der Waals surface area contributed by atoms with E-state index in [-0.39, 0.29) is 24.1 Å². The summed E-state index contributed by atoms with van der Waals surface area (Å²) in [5, 5.41) is 2.79. The predicted octanol–water partition coefficient (Wildman–Crippen LogP) is 2.13. The van der Waals surface area contributed by atoms with E-state index in [1.54, 1.807) is 23.1 Å². The fraction of sp³-hybridized carbons (Fsp3) is 0.350. The number of ether oxygens (including phenoxy) is 1. The Morgan fingerprint density at radius 1 is 1.14 bits per heavy atom. The number of urea groups is 1. The molecule has 0 radical (unpaired) electrons. The number of amides is 2. The number of hydrogen-bond donors (Lipinski definition) is 2. The van der Waals surface area contributed by atoms with Crippen LogP contribution in [0.4, 0.5) is 4.79 Å². The highest BCUT2D eigenvalue weighted by molar-refractivity contribution is 7.89. The molecule has 0 aromatic heterocycles. The molecule has 3 rings (SSSR count). The summed E-state index contributed by atoms with van der Waals surface area (Å²) in [6, 6.07) is 14.2. The molecule has 2 N–H and O–H groups in total. The lowest BCUT2D eigenvalue weighted by Crippen LogP contribution is -2.42. The van der Waals surface area contributed by atoms with E-state index < -0.39 is 10.0 Å². The monoisotopic (exact) mass is 403 g/mol. The maximum atomic E-state index is 12.5. The lowest BCUT2D eigenvalue weighted by Gasteiger charge is -2.29. The molecule has 2 aromatic carbocycles. The zero-order chi connectivity index (χ0) is 20.0. The molecule has 7 nitrogen and oxygen atoms in total. The number of carbonyl (C=O) groups excluding carboxylic acids is 1. The van der Waals surface area contributed by atoms with Crippen LogP contribution in [-0.2, 0) is 23.0 Å². The minimum absolute atomic E-state index is 0.0927. The molecule has 28 heavy (non-hydrogen) atoms. The Labute approximate surface area is 165 Å². The topological polar surface area (TPSA) is 87.7 Å². The van der Waals surface area contributed by atoms with Crippen LogP contribution in [0, 0.1) is 0 Å². The molecular weight excluding hydrogens is 378 g/mol. The molecule has 2 amide bonds. The zero-order valence-corrected chi connectivity index (χ0v) is 16.7. The molecule has 1 aliphatic rings. The van der Waals surface area contributed by atoms with E-state index in [9.17, 15) is 13.2 Å². The fourth-order valence-electron chi connectivity index (χ4n) is 3.08. The predicted molar refractivity (Wildman–Crippen MR) is 107 cm³/mol. The number of para-hydroxylation sites is 1. The van der Waals surface area contributed by atoms with Gasteiger partial charge in [-0.05, 0) is 48.7 Å². The molecule has 1 aliphatic heterocycles. The van der Waals surface area contributed by atoms with Gasteiger partial charge in [0.25, 0.3) is 0 Å². The lowest BCUT2D eigenvalue weighted by molar-refractivity contribution is 0.193. The Balaban J connectivity index is 1.58. The Kier molecular flexibility index (Phi) is 6.53. The van der Waals surface area contributed by atoms with Gasteiger partial charge in [0.15, 0.2) is 0 Å². The van der Waals surface area contributed by atoms with E-state index in [4.69, 9.17) is 4.74 Å². The van der Waals surface area contributed by atoms with Crippen molar-refractivity contribution in [1.82, 2.24) is 14.9 Å². The van der Waals surface area contributed by atoms with Gasteiger partial charge < -0.3 is 15.0 Å². The molecule has 0 atom stereocenters. The van der Waals surface area contributed by atoms with Crippen LogP contribution < -0.4 is 14.8 Å². The van der Waals surface area contributed by atoms with Crippen molar-refractivity contribution in [3.05, 3.63) is 59.7 Å². The summed E-state index contributed by atoms with van der Waals surface area (Å²) in [6.45, 7) is 3.94. The van der Waals surface area contributed by atoms with Crippen molar-refractivity contribution in [2.45, 2.75) is 24.8 Å². The third-order valence-electron chi connectivity index (χ3n) is 4.52. The molecular formula is C20H25N3O4S. The summed E-state index contributed by atoms with van der Waals surface area (Å²) in [5.41, 5.74) is 1.94. The standard InChI is InChI=1S/C20H25N3O4S/c1-2-21-20(24)23-12-10-16-14-19(9-8-17(16)15-23)28(25,26)22-11-13-27-18-6-4-3-5-7-18/h3-9,14,22H,2,10-13,15H2,1H3,(H,21,24).